The van der Waals surface area contributed by atoms with Crippen LogP contribution in [0.2, 0.25) is 0 Å². The average Bonchev–Trinajstić information content (AvgIpc) is 3.28. The molecule has 0 aliphatic carbocycles. The number of carbonyl (C=O) groups is 1. The van der Waals surface area contributed by atoms with Crippen LogP contribution in [-0.4, -0.2) is 10.4 Å². The largest absolute Gasteiger partial charge is 0.344 e. The number of ketones is 1. The summed E-state index contributed by atoms with van der Waals surface area (Å²) in [7, 11) is 0. The standard InChI is InChI=1S/C23H27NOS.C4H10/c1-5-9-19(15-18-12-14-26-17(18)4)23(25)22-16(3)24(13-6-2)21-11-8-7-10-20(21)22;1-3-4-2/h7-8,10-12,14-15H,5-6,9,13H2,1-4H3;3-4H2,1-2H3/b19-15+;. The number of benzene rings is 1. The van der Waals surface area contributed by atoms with Crippen molar-refractivity contribution in [2.75, 3.05) is 0 Å². The first-order valence-corrected chi connectivity index (χ1v) is 12.2. The molecule has 30 heavy (non-hydrogen) atoms. The summed E-state index contributed by atoms with van der Waals surface area (Å²) in [5.41, 5.74) is 5.21. The number of rotatable bonds is 8. The molecule has 3 rings (SSSR count). The van der Waals surface area contributed by atoms with Crippen molar-refractivity contribution in [3.63, 3.8) is 0 Å². The molecular weight excluding hydrogens is 386 g/mol. The third-order valence-electron chi connectivity index (χ3n) is 5.44. The molecule has 0 spiro atoms. The van der Waals surface area contributed by atoms with Gasteiger partial charge in [0.15, 0.2) is 5.78 Å². The summed E-state index contributed by atoms with van der Waals surface area (Å²) >= 11 is 1.73. The zero-order chi connectivity index (χ0) is 22.1. The number of Topliss-reactive ketones (excluding diaryl/α,β-unsaturated/α-hetero) is 1. The monoisotopic (exact) mass is 423 g/mol. The SMILES string of the molecule is CCC/C(=C\c1ccsc1C)C(=O)c1c(C)n(CCC)c2ccccc12.CCCC. The van der Waals surface area contributed by atoms with Gasteiger partial charge in [0.05, 0.1) is 5.56 Å². The maximum absolute atomic E-state index is 13.5. The lowest BCUT2D eigenvalue weighted by Gasteiger charge is -2.08. The highest BCUT2D eigenvalue weighted by atomic mass is 32.1. The molecule has 0 aliphatic heterocycles. The highest BCUT2D eigenvalue weighted by molar-refractivity contribution is 7.10. The summed E-state index contributed by atoms with van der Waals surface area (Å²) in [5.74, 6) is 0.181. The third-order valence-corrected chi connectivity index (χ3v) is 6.31. The van der Waals surface area contributed by atoms with E-state index in [0.29, 0.717) is 0 Å². The van der Waals surface area contributed by atoms with Crippen LogP contribution >= 0.6 is 11.3 Å². The molecule has 3 heteroatoms. The molecule has 3 aromatic rings. The van der Waals surface area contributed by atoms with Gasteiger partial charge in [0.1, 0.15) is 0 Å². The smallest absolute Gasteiger partial charge is 0.191 e. The summed E-state index contributed by atoms with van der Waals surface area (Å²) in [6.07, 6.45) is 7.57. The minimum absolute atomic E-state index is 0.181. The number of nitrogens with zero attached hydrogens (tertiary/aromatic N) is 1. The van der Waals surface area contributed by atoms with Gasteiger partial charge in [0, 0.05) is 33.6 Å². The second-order valence-electron chi connectivity index (χ2n) is 7.81. The van der Waals surface area contributed by atoms with Gasteiger partial charge in [-0.25, -0.2) is 0 Å². The topological polar surface area (TPSA) is 22.0 Å². The van der Waals surface area contributed by atoms with Gasteiger partial charge in [-0.2, -0.15) is 0 Å². The summed E-state index contributed by atoms with van der Waals surface area (Å²) in [5, 5.41) is 3.17. The van der Waals surface area contributed by atoms with Crippen molar-refractivity contribution >= 4 is 34.1 Å². The molecular formula is C27H37NOS. The molecule has 0 unspecified atom stereocenters. The normalized spacial score (nSPS) is 11.5. The lowest BCUT2D eigenvalue weighted by Crippen LogP contribution is -2.07. The van der Waals surface area contributed by atoms with Gasteiger partial charge in [-0.15, -0.1) is 11.3 Å². The fraction of sp³-hybridized carbons (Fsp3) is 0.444. The summed E-state index contributed by atoms with van der Waals surface area (Å²) in [6, 6.07) is 10.4. The molecule has 0 saturated heterocycles. The molecule has 0 bridgehead atoms. The first-order chi connectivity index (χ1) is 14.5. The predicted molar refractivity (Wildman–Crippen MR) is 134 cm³/mol. The summed E-state index contributed by atoms with van der Waals surface area (Å²) < 4.78 is 2.29. The van der Waals surface area contributed by atoms with Crippen LogP contribution in [0.3, 0.4) is 0 Å². The number of fused-ring (bicyclic) bond motifs is 1. The Kier molecular flexibility index (Phi) is 9.58. The van der Waals surface area contributed by atoms with Crippen LogP contribution < -0.4 is 0 Å². The number of aromatic nitrogens is 1. The lowest BCUT2D eigenvalue weighted by molar-refractivity contribution is 0.103. The van der Waals surface area contributed by atoms with Crippen molar-refractivity contribution in [2.45, 2.75) is 80.2 Å². The van der Waals surface area contributed by atoms with Gasteiger partial charge >= 0.3 is 0 Å². The van der Waals surface area contributed by atoms with E-state index in [2.05, 4.69) is 81.8 Å². The number of aryl methyl sites for hydroxylation is 2. The molecule has 162 valence electrons. The number of carbonyl (C=O) groups excluding carboxylic acids is 1. The second-order valence-corrected chi connectivity index (χ2v) is 8.93. The molecule has 0 saturated carbocycles. The van der Waals surface area contributed by atoms with E-state index in [1.54, 1.807) is 11.3 Å². The van der Waals surface area contributed by atoms with Crippen LogP contribution in [-0.2, 0) is 6.54 Å². The summed E-state index contributed by atoms with van der Waals surface area (Å²) in [4.78, 5) is 14.8. The number of unbranched alkanes of at least 4 members (excludes halogenated alkanes) is 1. The van der Waals surface area contributed by atoms with Crippen LogP contribution in [0.4, 0.5) is 0 Å². The third kappa shape index (κ3) is 5.51. The van der Waals surface area contributed by atoms with E-state index in [-0.39, 0.29) is 5.78 Å². The van der Waals surface area contributed by atoms with Gasteiger partial charge in [-0.05, 0) is 55.8 Å². The quantitative estimate of drug-likeness (QED) is 0.262. The van der Waals surface area contributed by atoms with E-state index in [4.69, 9.17) is 0 Å². The Morgan fingerprint density at radius 1 is 0.967 bits per heavy atom. The fourth-order valence-corrected chi connectivity index (χ4v) is 4.32. The first kappa shape index (κ1) is 24.1. The van der Waals surface area contributed by atoms with E-state index in [9.17, 15) is 4.79 Å². The molecule has 2 aromatic heterocycles. The molecule has 1 aromatic carbocycles. The number of thiophene rings is 1. The van der Waals surface area contributed by atoms with Crippen molar-refractivity contribution in [2.24, 2.45) is 0 Å². The molecule has 2 nitrogen and oxygen atoms in total. The zero-order valence-electron chi connectivity index (χ0n) is 19.5. The second kappa shape index (κ2) is 11.9. The molecule has 0 N–H and O–H groups in total. The maximum atomic E-state index is 13.5. The molecule has 0 radical (unpaired) electrons. The maximum Gasteiger partial charge on any atom is 0.191 e. The highest BCUT2D eigenvalue weighted by Gasteiger charge is 2.22. The van der Waals surface area contributed by atoms with Gasteiger partial charge in [0.25, 0.3) is 0 Å². The molecule has 0 aliphatic rings. The minimum atomic E-state index is 0.181. The van der Waals surface area contributed by atoms with Crippen molar-refractivity contribution in [3.8, 4) is 0 Å². The predicted octanol–water partition coefficient (Wildman–Crippen LogP) is 8.60. The Morgan fingerprint density at radius 3 is 2.23 bits per heavy atom. The first-order valence-electron chi connectivity index (χ1n) is 11.4. The molecule has 0 atom stereocenters. The number of para-hydroxylation sites is 1. The van der Waals surface area contributed by atoms with Gasteiger partial charge in [0.2, 0.25) is 0 Å². The zero-order valence-corrected chi connectivity index (χ0v) is 20.4. The van der Waals surface area contributed by atoms with E-state index in [0.717, 1.165) is 53.5 Å². The van der Waals surface area contributed by atoms with Crippen LogP contribution in [0, 0.1) is 13.8 Å². The lowest BCUT2D eigenvalue weighted by atomic mass is 9.95. The van der Waals surface area contributed by atoms with E-state index < -0.39 is 0 Å². The number of allylic oxidation sites excluding steroid dienone is 1. The van der Waals surface area contributed by atoms with E-state index in [1.807, 2.05) is 6.07 Å². The van der Waals surface area contributed by atoms with Crippen molar-refractivity contribution in [1.29, 1.82) is 0 Å². The van der Waals surface area contributed by atoms with Crippen LogP contribution in [0.15, 0.2) is 41.3 Å². The Bertz CT molecular complexity index is 988. The minimum Gasteiger partial charge on any atom is -0.344 e. The Hall–Kier alpha value is -2.13. The molecule has 0 fully saturated rings. The van der Waals surface area contributed by atoms with Crippen molar-refractivity contribution in [1.82, 2.24) is 4.57 Å². The van der Waals surface area contributed by atoms with Crippen LogP contribution in [0.25, 0.3) is 17.0 Å². The van der Waals surface area contributed by atoms with Crippen molar-refractivity contribution < 1.29 is 4.79 Å². The van der Waals surface area contributed by atoms with Gasteiger partial charge in [-0.3, -0.25) is 4.79 Å². The Morgan fingerprint density at radius 2 is 1.67 bits per heavy atom. The van der Waals surface area contributed by atoms with Crippen LogP contribution in [0.1, 0.15) is 86.3 Å². The fourth-order valence-electron chi connectivity index (χ4n) is 3.64. The molecule has 0 amide bonds. The average molecular weight is 424 g/mol. The Balaban J connectivity index is 0.000000735. The molecule has 2 heterocycles. The Labute approximate surface area is 186 Å². The number of hydrogen-bond acceptors (Lipinski definition) is 2. The van der Waals surface area contributed by atoms with E-state index >= 15 is 0 Å². The number of hydrogen-bond donors (Lipinski definition) is 0. The van der Waals surface area contributed by atoms with Crippen molar-refractivity contribution in [3.05, 3.63) is 63.0 Å². The van der Waals surface area contributed by atoms with Gasteiger partial charge < -0.3 is 4.57 Å². The summed E-state index contributed by atoms with van der Waals surface area (Å²) in [6.45, 7) is 13.8. The highest BCUT2D eigenvalue weighted by Crippen LogP contribution is 2.30. The van der Waals surface area contributed by atoms with Crippen LogP contribution in [0.5, 0.6) is 0 Å². The van der Waals surface area contributed by atoms with E-state index in [1.165, 1.54) is 23.3 Å². The van der Waals surface area contributed by atoms with Gasteiger partial charge in [-0.1, -0.05) is 65.2 Å².